The zero-order valence-electron chi connectivity index (χ0n) is 15.5. The fourth-order valence-corrected chi connectivity index (χ4v) is 4.08. The van der Waals surface area contributed by atoms with Gasteiger partial charge in [0.2, 0.25) is 5.91 Å². The molecule has 4 rings (SSSR count). The molecule has 29 heavy (non-hydrogen) atoms. The molecular weight excluding hydrogens is 394 g/mol. The average molecular weight is 412 g/mol. The molecule has 0 aliphatic carbocycles. The van der Waals surface area contributed by atoms with Gasteiger partial charge in [0.25, 0.3) is 5.91 Å². The van der Waals surface area contributed by atoms with Crippen molar-refractivity contribution in [1.29, 1.82) is 0 Å². The van der Waals surface area contributed by atoms with Crippen molar-refractivity contribution >= 4 is 34.5 Å². The summed E-state index contributed by atoms with van der Waals surface area (Å²) in [6, 6.07) is 13.6. The Morgan fingerprint density at radius 3 is 2.52 bits per heavy atom. The number of carbonyl (C=O) groups excluding carboxylic acids is 2. The zero-order chi connectivity index (χ0) is 20.4. The van der Waals surface area contributed by atoms with Gasteiger partial charge >= 0.3 is 0 Å². The number of benzene rings is 2. The summed E-state index contributed by atoms with van der Waals surface area (Å²) >= 11 is 1.45. The van der Waals surface area contributed by atoms with Crippen molar-refractivity contribution in [2.75, 3.05) is 16.3 Å². The molecule has 2 heterocycles. The summed E-state index contributed by atoms with van der Waals surface area (Å²) in [5.74, 6) is -1.83. The van der Waals surface area contributed by atoms with Crippen LogP contribution in [0.3, 0.4) is 0 Å². The van der Waals surface area contributed by atoms with Gasteiger partial charge in [0.05, 0.1) is 12.2 Å². The first-order valence-corrected chi connectivity index (χ1v) is 10.1. The number of nitrogens with zero attached hydrogens (tertiary/aromatic N) is 2. The summed E-state index contributed by atoms with van der Waals surface area (Å²) in [5.41, 5.74) is 1.12. The number of carbonyl (C=O) groups is 2. The third kappa shape index (κ3) is 4.05. The van der Waals surface area contributed by atoms with Gasteiger partial charge < -0.3 is 9.80 Å². The van der Waals surface area contributed by atoms with Gasteiger partial charge in [0.15, 0.2) is 0 Å². The van der Waals surface area contributed by atoms with E-state index in [0.29, 0.717) is 18.5 Å². The van der Waals surface area contributed by atoms with Crippen molar-refractivity contribution in [3.8, 4) is 0 Å². The maximum atomic E-state index is 14.4. The first-order chi connectivity index (χ1) is 14.0. The fourth-order valence-electron chi connectivity index (χ4n) is 3.39. The number of thiophene rings is 1. The van der Waals surface area contributed by atoms with E-state index < -0.39 is 17.5 Å². The Hall–Kier alpha value is -3.06. The van der Waals surface area contributed by atoms with Gasteiger partial charge in [-0.2, -0.15) is 0 Å². The first-order valence-electron chi connectivity index (χ1n) is 9.22. The molecule has 1 fully saturated rings. The highest BCUT2D eigenvalue weighted by Gasteiger charge is 2.24. The lowest BCUT2D eigenvalue weighted by Crippen LogP contribution is -2.31. The molecule has 2 aromatic carbocycles. The summed E-state index contributed by atoms with van der Waals surface area (Å²) in [5, 5.41) is 1.88. The van der Waals surface area contributed by atoms with Crippen LogP contribution in [0.1, 0.15) is 28.1 Å². The van der Waals surface area contributed by atoms with Crippen molar-refractivity contribution in [1.82, 2.24) is 0 Å². The number of anilines is 2. The predicted molar refractivity (Wildman–Crippen MR) is 109 cm³/mol. The minimum atomic E-state index is -0.797. The van der Waals surface area contributed by atoms with Gasteiger partial charge in [-0.05, 0) is 54.3 Å². The van der Waals surface area contributed by atoms with Crippen molar-refractivity contribution in [3.63, 3.8) is 0 Å². The van der Waals surface area contributed by atoms with Crippen molar-refractivity contribution in [3.05, 3.63) is 82.1 Å². The van der Waals surface area contributed by atoms with Crippen LogP contribution >= 0.6 is 11.3 Å². The Bertz CT molecular complexity index is 1040. The van der Waals surface area contributed by atoms with Gasteiger partial charge in [-0.1, -0.05) is 6.07 Å². The average Bonchev–Trinajstić information content (AvgIpc) is 3.38. The van der Waals surface area contributed by atoms with E-state index in [9.17, 15) is 18.4 Å². The van der Waals surface area contributed by atoms with Crippen molar-refractivity contribution in [2.45, 2.75) is 19.4 Å². The molecule has 0 N–H and O–H groups in total. The van der Waals surface area contributed by atoms with Crippen LogP contribution in [0.25, 0.3) is 0 Å². The highest BCUT2D eigenvalue weighted by molar-refractivity contribution is 7.09. The van der Waals surface area contributed by atoms with Crippen LogP contribution in [0, 0.1) is 11.6 Å². The van der Waals surface area contributed by atoms with Crippen LogP contribution in [0.5, 0.6) is 0 Å². The molecular formula is C22H18F2N2O2S. The molecule has 0 radical (unpaired) electrons. The second kappa shape index (κ2) is 8.13. The lowest BCUT2D eigenvalue weighted by atomic mass is 10.1. The maximum absolute atomic E-state index is 14.4. The maximum Gasteiger partial charge on any atom is 0.258 e. The van der Waals surface area contributed by atoms with E-state index >= 15 is 0 Å². The number of hydrogen-bond acceptors (Lipinski definition) is 3. The predicted octanol–water partition coefficient (Wildman–Crippen LogP) is 5.00. The molecule has 0 unspecified atom stereocenters. The molecule has 148 valence electrons. The molecule has 2 amide bonds. The summed E-state index contributed by atoms with van der Waals surface area (Å²) in [6.07, 6.45) is 1.34. The minimum absolute atomic E-state index is 0.0172. The Labute approximate surface area is 171 Å². The monoisotopic (exact) mass is 412 g/mol. The highest BCUT2D eigenvalue weighted by Crippen LogP contribution is 2.27. The first kappa shape index (κ1) is 19.3. The summed E-state index contributed by atoms with van der Waals surface area (Å²) < 4.78 is 27.8. The Kier molecular flexibility index (Phi) is 5.40. The second-order valence-corrected chi connectivity index (χ2v) is 7.79. The van der Waals surface area contributed by atoms with E-state index in [2.05, 4.69) is 0 Å². The van der Waals surface area contributed by atoms with E-state index in [4.69, 9.17) is 0 Å². The normalized spacial score (nSPS) is 13.7. The Balaban J connectivity index is 1.64. The third-order valence-electron chi connectivity index (χ3n) is 4.84. The molecule has 1 aliphatic rings. The van der Waals surface area contributed by atoms with Crippen molar-refractivity contribution in [2.24, 2.45) is 0 Å². The fraction of sp³-hybridized carbons (Fsp3) is 0.182. The molecule has 1 saturated heterocycles. The van der Waals surface area contributed by atoms with Crippen LogP contribution in [-0.4, -0.2) is 18.4 Å². The molecule has 1 aromatic heterocycles. The lowest BCUT2D eigenvalue weighted by molar-refractivity contribution is -0.117. The number of rotatable bonds is 5. The van der Waals surface area contributed by atoms with Crippen LogP contribution < -0.4 is 9.80 Å². The Morgan fingerprint density at radius 1 is 1.10 bits per heavy atom. The topological polar surface area (TPSA) is 40.6 Å². The number of amides is 2. The van der Waals surface area contributed by atoms with Gasteiger partial charge in [0.1, 0.15) is 11.6 Å². The second-order valence-electron chi connectivity index (χ2n) is 6.76. The molecule has 0 bridgehead atoms. The lowest BCUT2D eigenvalue weighted by Gasteiger charge is -2.23. The molecule has 1 aliphatic heterocycles. The van der Waals surface area contributed by atoms with Crippen LogP contribution in [0.15, 0.2) is 60.0 Å². The van der Waals surface area contributed by atoms with E-state index in [-0.39, 0.29) is 18.1 Å². The van der Waals surface area contributed by atoms with Gasteiger partial charge in [-0.3, -0.25) is 9.59 Å². The van der Waals surface area contributed by atoms with Crippen LogP contribution in [0.4, 0.5) is 20.2 Å². The number of halogens is 2. The SMILES string of the molecule is O=C1CCCN1c1ccc(C(=O)N(Cc2cccs2)c2ccc(F)cc2F)cc1. The van der Waals surface area contributed by atoms with E-state index in [1.54, 1.807) is 29.2 Å². The Morgan fingerprint density at radius 2 is 1.90 bits per heavy atom. The molecule has 4 nitrogen and oxygen atoms in total. The van der Waals surface area contributed by atoms with Gasteiger partial charge in [-0.25, -0.2) is 8.78 Å². The van der Waals surface area contributed by atoms with E-state index in [0.717, 1.165) is 29.1 Å². The van der Waals surface area contributed by atoms with Crippen molar-refractivity contribution < 1.29 is 18.4 Å². The van der Waals surface area contributed by atoms with Crippen LogP contribution in [-0.2, 0) is 11.3 Å². The van der Waals surface area contributed by atoms with E-state index in [1.807, 2.05) is 17.5 Å². The molecule has 0 atom stereocenters. The summed E-state index contributed by atoms with van der Waals surface area (Å²) in [7, 11) is 0. The molecule has 0 saturated carbocycles. The highest BCUT2D eigenvalue weighted by atomic mass is 32.1. The quantitative estimate of drug-likeness (QED) is 0.592. The molecule has 0 spiro atoms. The smallest absolute Gasteiger partial charge is 0.258 e. The van der Waals surface area contributed by atoms with Crippen LogP contribution in [0.2, 0.25) is 0 Å². The summed E-state index contributed by atoms with van der Waals surface area (Å²) in [6.45, 7) is 0.836. The van der Waals surface area contributed by atoms with Gasteiger partial charge in [0, 0.05) is 35.2 Å². The van der Waals surface area contributed by atoms with Gasteiger partial charge in [-0.15, -0.1) is 11.3 Å². The minimum Gasteiger partial charge on any atom is -0.312 e. The third-order valence-corrected chi connectivity index (χ3v) is 5.70. The van der Waals surface area contributed by atoms with E-state index in [1.165, 1.54) is 22.3 Å². The molecule has 3 aromatic rings. The summed E-state index contributed by atoms with van der Waals surface area (Å²) in [4.78, 5) is 29.0. The molecule has 7 heteroatoms. The number of hydrogen-bond donors (Lipinski definition) is 0. The standard InChI is InChI=1S/C22H18F2N2O2S/c23-16-7-10-20(19(24)13-16)26(14-18-3-2-12-29-18)22(28)15-5-8-17(9-6-15)25-11-1-4-21(25)27/h2-3,5-10,12-13H,1,4,11,14H2. The largest absolute Gasteiger partial charge is 0.312 e. The zero-order valence-corrected chi connectivity index (χ0v) is 16.3.